The van der Waals surface area contributed by atoms with Crippen molar-refractivity contribution in [3.63, 3.8) is 0 Å². The van der Waals surface area contributed by atoms with Crippen LogP contribution in [0, 0.1) is 23.7 Å². The summed E-state index contributed by atoms with van der Waals surface area (Å²) >= 11 is 0. The molecule has 1 saturated carbocycles. The van der Waals surface area contributed by atoms with Crippen LogP contribution in [0.5, 0.6) is 0 Å². The SMILES string of the molecule is CC(=O)c1ccc(N2CCN(C(=O)CN3C(=O)C4C5C=CC(C5)C4C3=O)CC2)cc1. The van der Waals surface area contributed by atoms with Crippen molar-refractivity contribution in [2.24, 2.45) is 23.7 Å². The molecule has 4 aliphatic rings. The van der Waals surface area contributed by atoms with Gasteiger partial charge in [0.15, 0.2) is 5.78 Å². The van der Waals surface area contributed by atoms with Gasteiger partial charge in [0.05, 0.1) is 11.8 Å². The number of fused-ring (bicyclic) bond motifs is 5. The maximum absolute atomic E-state index is 12.8. The van der Waals surface area contributed by atoms with Gasteiger partial charge in [-0.25, -0.2) is 0 Å². The highest BCUT2D eigenvalue weighted by atomic mass is 16.2. The molecule has 156 valence electrons. The first kappa shape index (κ1) is 19.0. The number of hydrogen-bond acceptors (Lipinski definition) is 5. The summed E-state index contributed by atoms with van der Waals surface area (Å²) in [6.45, 7) is 3.84. The van der Waals surface area contributed by atoms with Crippen molar-refractivity contribution in [3.05, 3.63) is 42.0 Å². The Morgan fingerprint density at radius 2 is 1.47 bits per heavy atom. The molecule has 0 spiro atoms. The van der Waals surface area contributed by atoms with Gasteiger partial charge in [-0.1, -0.05) is 12.2 Å². The van der Waals surface area contributed by atoms with E-state index in [1.54, 1.807) is 11.8 Å². The highest BCUT2D eigenvalue weighted by Gasteiger charge is 2.59. The van der Waals surface area contributed by atoms with E-state index >= 15 is 0 Å². The average Bonchev–Trinajstić information content (AvgIpc) is 3.44. The van der Waals surface area contributed by atoms with Gasteiger partial charge in [0, 0.05) is 37.4 Å². The van der Waals surface area contributed by atoms with Crippen molar-refractivity contribution in [1.82, 2.24) is 9.80 Å². The lowest BCUT2D eigenvalue weighted by atomic mass is 9.85. The van der Waals surface area contributed by atoms with E-state index in [2.05, 4.69) is 17.1 Å². The van der Waals surface area contributed by atoms with E-state index in [1.807, 2.05) is 24.3 Å². The number of anilines is 1. The Hall–Kier alpha value is -2.96. The lowest BCUT2D eigenvalue weighted by Crippen LogP contribution is -2.52. The van der Waals surface area contributed by atoms with Gasteiger partial charge in [-0.3, -0.25) is 24.1 Å². The molecule has 0 aromatic heterocycles. The van der Waals surface area contributed by atoms with E-state index in [0.717, 1.165) is 12.1 Å². The molecule has 4 unspecified atom stereocenters. The monoisotopic (exact) mass is 407 g/mol. The number of nitrogens with zero attached hydrogens (tertiary/aromatic N) is 3. The Morgan fingerprint density at radius 3 is 2.00 bits per heavy atom. The predicted octanol–water partition coefficient (Wildman–Crippen LogP) is 1.34. The number of piperazine rings is 1. The second-order valence-electron chi connectivity index (χ2n) is 8.73. The van der Waals surface area contributed by atoms with E-state index in [-0.39, 0.29) is 53.7 Å². The minimum absolute atomic E-state index is 0.0379. The Morgan fingerprint density at radius 1 is 0.900 bits per heavy atom. The number of carbonyl (C=O) groups is 4. The van der Waals surface area contributed by atoms with Crippen molar-refractivity contribution >= 4 is 29.2 Å². The van der Waals surface area contributed by atoms with Gasteiger partial charge < -0.3 is 9.80 Å². The smallest absolute Gasteiger partial charge is 0.242 e. The molecular weight excluding hydrogens is 382 g/mol. The minimum Gasteiger partial charge on any atom is -0.368 e. The first-order valence-corrected chi connectivity index (χ1v) is 10.6. The number of benzene rings is 1. The summed E-state index contributed by atoms with van der Waals surface area (Å²) in [6.07, 6.45) is 5.01. The first-order valence-electron chi connectivity index (χ1n) is 10.6. The van der Waals surface area contributed by atoms with Crippen LogP contribution in [0.25, 0.3) is 0 Å². The van der Waals surface area contributed by atoms with E-state index in [4.69, 9.17) is 0 Å². The van der Waals surface area contributed by atoms with Crippen LogP contribution in [0.1, 0.15) is 23.7 Å². The third kappa shape index (κ3) is 2.95. The third-order valence-corrected chi connectivity index (χ3v) is 7.13. The maximum atomic E-state index is 12.8. The number of ketones is 1. The summed E-state index contributed by atoms with van der Waals surface area (Å²) in [5, 5.41) is 0. The van der Waals surface area contributed by atoms with Crippen molar-refractivity contribution in [3.8, 4) is 0 Å². The Balaban J connectivity index is 1.18. The molecule has 7 heteroatoms. The van der Waals surface area contributed by atoms with Gasteiger partial charge in [-0.2, -0.15) is 0 Å². The van der Waals surface area contributed by atoms with Gasteiger partial charge in [0.25, 0.3) is 0 Å². The van der Waals surface area contributed by atoms with Crippen molar-refractivity contribution in [2.45, 2.75) is 13.3 Å². The molecule has 2 saturated heterocycles. The molecule has 7 nitrogen and oxygen atoms in total. The molecule has 2 bridgehead atoms. The fourth-order valence-electron chi connectivity index (χ4n) is 5.48. The molecule has 1 aromatic rings. The van der Waals surface area contributed by atoms with Crippen LogP contribution in [0.15, 0.2) is 36.4 Å². The number of hydrogen-bond donors (Lipinski definition) is 0. The topological polar surface area (TPSA) is 78.0 Å². The van der Waals surface area contributed by atoms with Gasteiger partial charge in [-0.15, -0.1) is 0 Å². The molecule has 2 heterocycles. The first-order chi connectivity index (χ1) is 14.4. The molecular formula is C23H25N3O4. The number of Topliss-reactive ketones (excluding diaryl/α,β-unsaturated/α-hetero) is 1. The Kier molecular flexibility index (Phi) is 4.49. The fraction of sp³-hybridized carbons (Fsp3) is 0.478. The summed E-state index contributed by atoms with van der Waals surface area (Å²) in [7, 11) is 0. The van der Waals surface area contributed by atoms with Gasteiger partial charge >= 0.3 is 0 Å². The van der Waals surface area contributed by atoms with Crippen LogP contribution in [0.2, 0.25) is 0 Å². The molecule has 2 aliphatic carbocycles. The average molecular weight is 407 g/mol. The summed E-state index contributed by atoms with van der Waals surface area (Å²) in [6, 6.07) is 7.49. The second kappa shape index (κ2) is 7.07. The lowest BCUT2D eigenvalue weighted by molar-refractivity contribution is -0.147. The van der Waals surface area contributed by atoms with Gasteiger partial charge in [0.2, 0.25) is 17.7 Å². The van der Waals surface area contributed by atoms with Crippen LogP contribution in [-0.2, 0) is 14.4 Å². The number of likely N-dealkylation sites (tertiary alicyclic amines) is 1. The van der Waals surface area contributed by atoms with Crippen LogP contribution in [-0.4, -0.2) is 66.0 Å². The molecule has 3 fully saturated rings. The van der Waals surface area contributed by atoms with Gasteiger partial charge in [0.1, 0.15) is 6.54 Å². The summed E-state index contributed by atoms with van der Waals surface area (Å²) in [5.41, 5.74) is 1.70. The molecule has 4 atom stereocenters. The van der Waals surface area contributed by atoms with Gasteiger partial charge in [-0.05, 0) is 49.4 Å². The fourth-order valence-corrected chi connectivity index (χ4v) is 5.48. The zero-order valence-corrected chi connectivity index (χ0v) is 17.0. The van der Waals surface area contributed by atoms with Crippen molar-refractivity contribution in [1.29, 1.82) is 0 Å². The highest BCUT2D eigenvalue weighted by molar-refractivity contribution is 6.08. The number of rotatable bonds is 4. The molecule has 5 rings (SSSR count). The molecule has 30 heavy (non-hydrogen) atoms. The standard InChI is InChI=1S/C23H25N3O4/c1-14(27)15-4-6-18(7-5-15)24-8-10-25(11-9-24)19(28)13-26-22(29)20-16-2-3-17(12-16)21(20)23(26)30/h2-7,16-17,20-21H,8-13H2,1H3. The number of allylic oxidation sites excluding steroid dienone is 2. The highest BCUT2D eigenvalue weighted by Crippen LogP contribution is 2.52. The largest absolute Gasteiger partial charge is 0.368 e. The predicted molar refractivity (Wildman–Crippen MR) is 110 cm³/mol. The molecule has 0 radical (unpaired) electrons. The zero-order chi connectivity index (χ0) is 21.0. The number of imide groups is 1. The van der Waals surface area contributed by atoms with E-state index in [0.29, 0.717) is 31.7 Å². The molecule has 2 aliphatic heterocycles. The Bertz CT molecular complexity index is 916. The Labute approximate surface area is 175 Å². The molecule has 1 aromatic carbocycles. The molecule has 3 amide bonds. The van der Waals surface area contributed by atoms with E-state index in [1.165, 1.54) is 4.90 Å². The summed E-state index contributed by atoms with van der Waals surface area (Å²) in [5.74, 6) is -0.646. The third-order valence-electron chi connectivity index (χ3n) is 7.13. The zero-order valence-electron chi connectivity index (χ0n) is 17.0. The summed E-state index contributed by atoms with van der Waals surface area (Å²) < 4.78 is 0. The quantitative estimate of drug-likeness (QED) is 0.428. The van der Waals surface area contributed by atoms with Crippen molar-refractivity contribution < 1.29 is 19.2 Å². The van der Waals surface area contributed by atoms with E-state index < -0.39 is 0 Å². The van der Waals surface area contributed by atoms with E-state index in [9.17, 15) is 19.2 Å². The second-order valence-corrected chi connectivity index (χ2v) is 8.73. The van der Waals surface area contributed by atoms with Crippen LogP contribution in [0.4, 0.5) is 5.69 Å². The summed E-state index contributed by atoms with van der Waals surface area (Å²) in [4.78, 5) is 54.9. The minimum atomic E-state index is -0.255. The lowest BCUT2D eigenvalue weighted by Gasteiger charge is -2.36. The van der Waals surface area contributed by atoms with Crippen LogP contribution >= 0.6 is 0 Å². The van der Waals surface area contributed by atoms with Crippen molar-refractivity contribution in [2.75, 3.05) is 37.6 Å². The van der Waals surface area contributed by atoms with Crippen LogP contribution < -0.4 is 4.90 Å². The molecule has 0 N–H and O–H groups in total. The normalized spacial score (nSPS) is 29.7. The van der Waals surface area contributed by atoms with Crippen LogP contribution in [0.3, 0.4) is 0 Å². The maximum Gasteiger partial charge on any atom is 0.242 e. The number of carbonyl (C=O) groups excluding carboxylic acids is 4. The number of amides is 3.